The molecular formula is C22H32N2O5S. The number of carbonyl (C=O) groups is 1. The highest BCUT2D eigenvalue weighted by molar-refractivity contribution is 7.88. The van der Waals surface area contributed by atoms with Gasteiger partial charge in [-0.25, -0.2) is 17.9 Å². The van der Waals surface area contributed by atoms with Gasteiger partial charge in [-0.3, -0.25) is 4.90 Å². The molecule has 3 rings (SSSR count). The SMILES string of the molecule is C=CC1C[C@H](NS(C)(=O)=O)[C@H](COC2CCC(c3ccccc3)CC2)N1C(=O)OC. The van der Waals surface area contributed by atoms with Crippen molar-refractivity contribution >= 4 is 16.1 Å². The Balaban J connectivity index is 1.63. The molecule has 1 aromatic rings. The van der Waals surface area contributed by atoms with E-state index >= 15 is 0 Å². The van der Waals surface area contributed by atoms with Crippen LogP contribution in [-0.4, -0.2) is 63.6 Å². The van der Waals surface area contributed by atoms with Crippen LogP contribution in [0.15, 0.2) is 43.0 Å². The van der Waals surface area contributed by atoms with Crippen LogP contribution in [-0.2, 0) is 19.5 Å². The van der Waals surface area contributed by atoms with Crippen molar-refractivity contribution in [2.24, 2.45) is 0 Å². The summed E-state index contributed by atoms with van der Waals surface area (Å²) in [5.41, 5.74) is 1.37. The third-order valence-corrected chi connectivity index (χ3v) is 6.88. The Kier molecular flexibility index (Phi) is 7.55. The third kappa shape index (κ3) is 5.62. The molecule has 1 N–H and O–H groups in total. The molecule has 0 aromatic heterocycles. The highest BCUT2D eigenvalue weighted by Gasteiger charge is 2.44. The van der Waals surface area contributed by atoms with Gasteiger partial charge in [-0.1, -0.05) is 36.4 Å². The molecule has 0 radical (unpaired) electrons. The van der Waals surface area contributed by atoms with Gasteiger partial charge in [0.2, 0.25) is 10.0 Å². The van der Waals surface area contributed by atoms with Gasteiger partial charge in [0.05, 0.1) is 38.2 Å². The highest BCUT2D eigenvalue weighted by Crippen LogP contribution is 2.35. The standard InChI is InChI=1S/C22H32N2O5S/c1-4-18-14-20(23-30(3,26)27)21(24(18)22(25)28-2)15-29-19-12-10-17(11-13-19)16-8-6-5-7-9-16/h4-9,17-21,23H,1,10-15H2,2-3H3/t17?,18?,19?,20-,21-/m0/s1. The van der Waals surface area contributed by atoms with Crippen molar-refractivity contribution in [1.29, 1.82) is 0 Å². The van der Waals surface area contributed by atoms with Crippen LogP contribution in [0.3, 0.4) is 0 Å². The van der Waals surface area contributed by atoms with Crippen LogP contribution in [0, 0.1) is 0 Å². The second-order valence-electron chi connectivity index (χ2n) is 8.20. The first-order valence-electron chi connectivity index (χ1n) is 10.4. The van der Waals surface area contributed by atoms with Gasteiger partial charge in [-0.2, -0.15) is 0 Å². The third-order valence-electron chi connectivity index (χ3n) is 6.15. The van der Waals surface area contributed by atoms with E-state index in [4.69, 9.17) is 9.47 Å². The summed E-state index contributed by atoms with van der Waals surface area (Å²) >= 11 is 0. The van der Waals surface area contributed by atoms with Gasteiger partial charge in [0.25, 0.3) is 0 Å². The largest absolute Gasteiger partial charge is 0.453 e. The summed E-state index contributed by atoms with van der Waals surface area (Å²) in [6.07, 6.45) is 6.82. The van der Waals surface area contributed by atoms with Crippen molar-refractivity contribution in [3.63, 3.8) is 0 Å². The van der Waals surface area contributed by atoms with Crippen molar-refractivity contribution < 1.29 is 22.7 Å². The Labute approximate surface area is 179 Å². The number of nitrogens with one attached hydrogen (secondary N) is 1. The first-order valence-corrected chi connectivity index (χ1v) is 12.3. The minimum Gasteiger partial charge on any atom is -0.453 e. The number of sulfonamides is 1. The first-order chi connectivity index (χ1) is 14.3. The van der Waals surface area contributed by atoms with Crippen molar-refractivity contribution in [3.05, 3.63) is 48.6 Å². The molecule has 1 aliphatic heterocycles. The predicted octanol–water partition coefficient (Wildman–Crippen LogP) is 3.04. The maximum atomic E-state index is 12.4. The van der Waals surface area contributed by atoms with Crippen molar-refractivity contribution in [1.82, 2.24) is 9.62 Å². The number of hydrogen-bond donors (Lipinski definition) is 1. The van der Waals surface area contributed by atoms with Crippen LogP contribution in [0.2, 0.25) is 0 Å². The van der Waals surface area contributed by atoms with Gasteiger partial charge in [0.1, 0.15) is 0 Å². The number of carbonyl (C=O) groups excluding carboxylic acids is 1. The van der Waals surface area contributed by atoms with Crippen LogP contribution in [0.1, 0.15) is 43.6 Å². The maximum Gasteiger partial charge on any atom is 0.410 e. The van der Waals surface area contributed by atoms with Gasteiger partial charge in [0, 0.05) is 6.04 Å². The molecule has 0 spiro atoms. The summed E-state index contributed by atoms with van der Waals surface area (Å²) in [7, 11) is -2.11. The lowest BCUT2D eigenvalue weighted by molar-refractivity contribution is -0.00759. The second-order valence-corrected chi connectivity index (χ2v) is 9.98. The van der Waals surface area contributed by atoms with Crippen LogP contribution in [0.5, 0.6) is 0 Å². The van der Waals surface area contributed by atoms with E-state index in [0.29, 0.717) is 12.3 Å². The molecule has 30 heavy (non-hydrogen) atoms. The Morgan fingerprint density at radius 1 is 1.23 bits per heavy atom. The summed E-state index contributed by atoms with van der Waals surface area (Å²) < 4.78 is 37.5. The molecule has 1 aromatic carbocycles. The molecule has 1 saturated carbocycles. The molecule has 1 heterocycles. The minimum absolute atomic E-state index is 0.103. The molecule has 1 amide bonds. The lowest BCUT2D eigenvalue weighted by Gasteiger charge is -2.33. The zero-order valence-electron chi connectivity index (χ0n) is 17.7. The molecule has 8 heteroatoms. The highest BCUT2D eigenvalue weighted by atomic mass is 32.2. The van der Waals surface area contributed by atoms with Crippen LogP contribution in [0.25, 0.3) is 0 Å². The van der Waals surface area contributed by atoms with E-state index in [1.165, 1.54) is 12.7 Å². The van der Waals surface area contributed by atoms with Crippen LogP contribution in [0.4, 0.5) is 4.79 Å². The zero-order valence-corrected chi connectivity index (χ0v) is 18.5. The van der Waals surface area contributed by atoms with Gasteiger partial charge in [-0.05, 0) is 43.6 Å². The Morgan fingerprint density at radius 2 is 1.90 bits per heavy atom. The fourth-order valence-electron chi connectivity index (χ4n) is 4.68. The van der Waals surface area contributed by atoms with E-state index in [1.54, 1.807) is 11.0 Å². The minimum atomic E-state index is -3.43. The summed E-state index contributed by atoms with van der Waals surface area (Å²) in [6, 6.07) is 9.34. The smallest absolute Gasteiger partial charge is 0.410 e. The van der Waals surface area contributed by atoms with E-state index in [-0.39, 0.29) is 18.8 Å². The van der Waals surface area contributed by atoms with Gasteiger partial charge in [0.15, 0.2) is 0 Å². The summed E-state index contributed by atoms with van der Waals surface area (Å²) in [5, 5.41) is 0. The van der Waals surface area contributed by atoms with Gasteiger partial charge < -0.3 is 9.47 Å². The monoisotopic (exact) mass is 436 g/mol. The van der Waals surface area contributed by atoms with Crippen LogP contribution >= 0.6 is 0 Å². The Morgan fingerprint density at radius 3 is 2.47 bits per heavy atom. The molecule has 1 unspecified atom stereocenters. The first kappa shape index (κ1) is 22.8. The molecule has 1 saturated heterocycles. The van der Waals surface area contributed by atoms with E-state index in [0.717, 1.165) is 31.9 Å². The summed E-state index contributed by atoms with van der Waals surface area (Å²) in [5.74, 6) is 0.550. The maximum absolute atomic E-state index is 12.4. The molecule has 2 aliphatic rings. The zero-order chi connectivity index (χ0) is 21.7. The number of rotatable bonds is 7. The van der Waals surface area contributed by atoms with Gasteiger partial charge >= 0.3 is 6.09 Å². The normalized spacial score (nSPS) is 29.5. The number of benzene rings is 1. The fraction of sp³-hybridized carbons (Fsp3) is 0.591. The average Bonchev–Trinajstić information content (AvgIpc) is 3.08. The number of likely N-dealkylation sites (tertiary alicyclic amines) is 1. The van der Waals surface area contributed by atoms with Gasteiger partial charge in [-0.15, -0.1) is 6.58 Å². The Hall–Kier alpha value is -1.90. The van der Waals surface area contributed by atoms with Crippen molar-refractivity contribution in [3.8, 4) is 0 Å². The molecule has 1 aliphatic carbocycles. The number of hydrogen-bond acceptors (Lipinski definition) is 5. The summed E-state index contributed by atoms with van der Waals surface area (Å²) in [6.45, 7) is 4.05. The number of amides is 1. The van der Waals surface area contributed by atoms with E-state index in [1.807, 2.05) is 6.07 Å². The molecule has 2 fully saturated rings. The fourth-order valence-corrected chi connectivity index (χ4v) is 5.48. The molecule has 3 atom stereocenters. The van der Waals surface area contributed by atoms with E-state index in [9.17, 15) is 13.2 Å². The molecular weight excluding hydrogens is 404 g/mol. The lowest BCUT2D eigenvalue weighted by atomic mass is 9.83. The topological polar surface area (TPSA) is 84.9 Å². The number of ether oxygens (including phenoxy) is 2. The van der Waals surface area contributed by atoms with E-state index < -0.39 is 28.2 Å². The molecule has 0 bridgehead atoms. The van der Waals surface area contributed by atoms with E-state index in [2.05, 4.69) is 35.6 Å². The molecule has 166 valence electrons. The average molecular weight is 437 g/mol. The Bertz CT molecular complexity index is 821. The summed E-state index contributed by atoms with van der Waals surface area (Å²) in [4.78, 5) is 13.9. The quantitative estimate of drug-likeness (QED) is 0.664. The van der Waals surface area contributed by atoms with Crippen molar-refractivity contribution in [2.45, 2.75) is 62.3 Å². The predicted molar refractivity (Wildman–Crippen MR) is 116 cm³/mol. The van der Waals surface area contributed by atoms with Crippen LogP contribution < -0.4 is 4.72 Å². The second kappa shape index (κ2) is 9.94. The lowest BCUT2D eigenvalue weighted by Crippen LogP contribution is -2.50. The number of methoxy groups -OCH3 is 1. The van der Waals surface area contributed by atoms with Crippen molar-refractivity contribution in [2.75, 3.05) is 20.0 Å². The number of nitrogens with zero attached hydrogens (tertiary/aromatic N) is 1. The molecule has 7 nitrogen and oxygen atoms in total.